The summed E-state index contributed by atoms with van der Waals surface area (Å²) in [5.41, 5.74) is 0. The standard InChI is InChI=1S/C6H13NO3S/c1-6(2,3)11(9)7-5(8)10-4/h1-4H3,(H,7,8). The number of carbonyl (C=O) groups is 1. The summed E-state index contributed by atoms with van der Waals surface area (Å²) in [4.78, 5) is 10.5. The Bertz CT molecular complexity index is 173. The molecule has 0 aliphatic carbocycles. The van der Waals surface area contributed by atoms with E-state index in [0.29, 0.717) is 0 Å². The van der Waals surface area contributed by atoms with Gasteiger partial charge in [0.2, 0.25) is 0 Å². The van der Waals surface area contributed by atoms with Gasteiger partial charge in [-0.05, 0) is 20.8 Å². The van der Waals surface area contributed by atoms with E-state index in [1.165, 1.54) is 7.11 Å². The summed E-state index contributed by atoms with van der Waals surface area (Å²) in [5, 5.41) is 0. The van der Waals surface area contributed by atoms with Gasteiger partial charge in [0.05, 0.1) is 11.9 Å². The maximum Gasteiger partial charge on any atom is 0.418 e. The van der Waals surface area contributed by atoms with Crippen molar-refractivity contribution >= 4 is 17.1 Å². The number of methoxy groups -OCH3 is 1. The Morgan fingerprint density at radius 2 is 1.91 bits per heavy atom. The van der Waals surface area contributed by atoms with Crippen molar-refractivity contribution in [2.75, 3.05) is 7.11 Å². The number of nitrogens with one attached hydrogen (secondary N) is 1. The van der Waals surface area contributed by atoms with Gasteiger partial charge in [-0.3, -0.25) is 0 Å². The van der Waals surface area contributed by atoms with Crippen LogP contribution in [0.1, 0.15) is 20.8 Å². The average molecular weight is 179 g/mol. The third-order valence-corrected chi connectivity index (χ3v) is 2.38. The fourth-order valence-corrected chi connectivity index (χ4v) is 0.811. The lowest BCUT2D eigenvalue weighted by atomic mass is 10.3. The zero-order valence-electron chi connectivity index (χ0n) is 7.13. The Balaban J connectivity index is 3.99. The second-order valence-electron chi connectivity index (χ2n) is 2.97. The Hall–Kier alpha value is -0.580. The molecule has 0 aromatic heterocycles. The average Bonchev–Trinajstić information content (AvgIpc) is 1.85. The molecule has 1 N–H and O–H groups in total. The number of rotatable bonds is 1. The molecule has 0 aromatic carbocycles. The molecule has 66 valence electrons. The van der Waals surface area contributed by atoms with Crippen LogP contribution >= 0.6 is 0 Å². The Morgan fingerprint density at radius 1 is 1.45 bits per heavy atom. The van der Waals surface area contributed by atoms with Crippen molar-refractivity contribution in [1.82, 2.24) is 4.72 Å². The van der Waals surface area contributed by atoms with Crippen LogP contribution < -0.4 is 4.72 Å². The normalized spacial score (nSPS) is 13.8. The van der Waals surface area contributed by atoms with Crippen LogP contribution in [-0.2, 0) is 15.7 Å². The highest BCUT2D eigenvalue weighted by Crippen LogP contribution is 2.08. The Morgan fingerprint density at radius 3 is 2.18 bits per heavy atom. The first kappa shape index (κ1) is 10.4. The highest BCUT2D eigenvalue weighted by molar-refractivity contribution is 7.85. The minimum atomic E-state index is -1.39. The van der Waals surface area contributed by atoms with E-state index in [2.05, 4.69) is 9.46 Å². The minimum absolute atomic E-state index is 0.450. The van der Waals surface area contributed by atoms with E-state index in [-0.39, 0.29) is 0 Å². The summed E-state index contributed by atoms with van der Waals surface area (Å²) in [6, 6.07) is 0. The van der Waals surface area contributed by atoms with Crippen LogP contribution in [0.3, 0.4) is 0 Å². The number of carbonyl (C=O) groups excluding carboxylic acids is 1. The molecule has 1 atom stereocenters. The van der Waals surface area contributed by atoms with Crippen molar-refractivity contribution in [2.24, 2.45) is 0 Å². The van der Waals surface area contributed by atoms with Gasteiger partial charge in [0.1, 0.15) is 11.0 Å². The summed E-state index contributed by atoms with van der Waals surface area (Å²) >= 11 is 0. The third-order valence-electron chi connectivity index (χ3n) is 0.918. The van der Waals surface area contributed by atoms with Crippen molar-refractivity contribution in [3.63, 3.8) is 0 Å². The van der Waals surface area contributed by atoms with Gasteiger partial charge >= 0.3 is 6.09 Å². The van der Waals surface area contributed by atoms with Gasteiger partial charge in [-0.2, -0.15) is 0 Å². The molecule has 0 fully saturated rings. The van der Waals surface area contributed by atoms with E-state index in [4.69, 9.17) is 0 Å². The lowest BCUT2D eigenvalue weighted by molar-refractivity contribution is 0.178. The van der Waals surface area contributed by atoms with E-state index in [1.807, 2.05) is 0 Å². The molecule has 0 aliphatic heterocycles. The summed E-state index contributed by atoms with van der Waals surface area (Å²) in [6.07, 6.45) is -0.668. The van der Waals surface area contributed by atoms with Gasteiger partial charge in [-0.25, -0.2) is 13.7 Å². The SMILES string of the molecule is COC(=O)NS(=O)C(C)(C)C. The van der Waals surface area contributed by atoms with Gasteiger partial charge < -0.3 is 4.74 Å². The smallest absolute Gasteiger partial charge is 0.418 e. The highest BCUT2D eigenvalue weighted by Gasteiger charge is 2.21. The molecular formula is C6H13NO3S. The van der Waals surface area contributed by atoms with Gasteiger partial charge in [0.15, 0.2) is 0 Å². The molecule has 11 heavy (non-hydrogen) atoms. The van der Waals surface area contributed by atoms with Crippen LogP contribution in [0, 0.1) is 0 Å². The molecule has 0 aromatic rings. The monoisotopic (exact) mass is 179 g/mol. The second kappa shape index (κ2) is 3.71. The van der Waals surface area contributed by atoms with Crippen LogP contribution in [0.5, 0.6) is 0 Å². The number of ether oxygens (including phenoxy) is 1. The second-order valence-corrected chi connectivity index (χ2v) is 4.94. The fourth-order valence-electron chi connectivity index (χ4n) is 0.270. The van der Waals surface area contributed by atoms with E-state index < -0.39 is 21.8 Å². The molecular weight excluding hydrogens is 166 g/mol. The molecule has 0 spiro atoms. The topological polar surface area (TPSA) is 55.4 Å². The van der Waals surface area contributed by atoms with Crippen molar-refractivity contribution in [3.05, 3.63) is 0 Å². The zero-order chi connectivity index (χ0) is 9.07. The first-order valence-electron chi connectivity index (χ1n) is 3.14. The van der Waals surface area contributed by atoms with Crippen molar-refractivity contribution in [3.8, 4) is 0 Å². The van der Waals surface area contributed by atoms with E-state index in [0.717, 1.165) is 0 Å². The van der Waals surface area contributed by atoms with Gasteiger partial charge in [0.25, 0.3) is 0 Å². The maximum atomic E-state index is 11.1. The Kier molecular flexibility index (Phi) is 3.51. The summed E-state index contributed by atoms with van der Waals surface area (Å²) in [7, 11) is -0.160. The molecule has 0 saturated heterocycles. The predicted octanol–water partition coefficient (Wildman–Crippen LogP) is 0.805. The van der Waals surface area contributed by atoms with E-state index >= 15 is 0 Å². The van der Waals surface area contributed by atoms with Crippen LogP contribution in [0.25, 0.3) is 0 Å². The quantitative estimate of drug-likeness (QED) is 0.648. The fraction of sp³-hybridized carbons (Fsp3) is 0.833. The summed E-state index contributed by atoms with van der Waals surface area (Å²) in [6.45, 7) is 5.29. The Labute approximate surface area is 68.9 Å². The van der Waals surface area contributed by atoms with Crippen molar-refractivity contribution in [1.29, 1.82) is 0 Å². The first-order chi connectivity index (χ1) is 4.88. The van der Waals surface area contributed by atoms with Gasteiger partial charge in [-0.15, -0.1) is 0 Å². The van der Waals surface area contributed by atoms with Crippen LogP contribution in [0.4, 0.5) is 4.79 Å². The largest absolute Gasteiger partial charge is 0.452 e. The van der Waals surface area contributed by atoms with E-state index in [1.54, 1.807) is 20.8 Å². The molecule has 0 saturated carbocycles. The van der Waals surface area contributed by atoms with Gasteiger partial charge in [0, 0.05) is 0 Å². The zero-order valence-corrected chi connectivity index (χ0v) is 7.95. The van der Waals surface area contributed by atoms with Crippen LogP contribution in [0.15, 0.2) is 0 Å². The maximum absolute atomic E-state index is 11.1. The molecule has 0 aliphatic rings. The lowest BCUT2D eigenvalue weighted by Crippen LogP contribution is -2.36. The number of hydrogen-bond donors (Lipinski definition) is 1. The molecule has 5 heteroatoms. The summed E-state index contributed by atoms with van der Waals surface area (Å²) in [5.74, 6) is 0. The molecule has 1 amide bonds. The molecule has 4 nitrogen and oxygen atoms in total. The van der Waals surface area contributed by atoms with Crippen molar-refractivity contribution < 1.29 is 13.7 Å². The highest BCUT2D eigenvalue weighted by atomic mass is 32.2. The molecule has 0 heterocycles. The van der Waals surface area contributed by atoms with Crippen molar-refractivity contribution in [2.45, 2.75) is 25.5 Å². The number of amides is 1. The number of hydrogen-bond acceptors (Lipinski definition) is 3. The molecule has 1 unspecified atom stereocenters. The predicted molar refractivity (Wildman–Crippen MR) is 43.4 cm³/mol. The third kappa shape index (κ3) is 3.98. The summed E-state index contributed by atoms with van der Waals surface area (Å²) < 4.78 is 17.1. The molecule has 0 radical (unpaired) electrons. The molecule has 0 bridgehead atoms. The van der Waals surface area contributed by atoms with E-state index in [9.17, 15) is 9.00 Å². The van der Waals surface area contributed by atoms with Crippen LogP contribution in [-0.4, -0.2) is 22.2 Å². The minimum Gasteiger partial charge on any atom is -0.452 e. The van der Waals surface area contributed by atoms with Gasteiger partial charge in [-0.1, -0.05) is 0 Å². The first-order valence-corrected chi connectivity index (χ1v) is 4.29. The molecule has 0 rings (SSSR count). The lowest BCUT2D eigenvalue weighted by Gasteiger charge is -2.16. The van der Waals surface area contributed by atoms with Crippen LogP contribution in [0.2, 0.25) is 0 Å².